The van der Waals surface area contributed by atoms with E-state index in [9.17, 15) is 19.2 Å². The van der Waals surface area contributed by atoms with Crippen LogP contribution >= 0.6 is 0 Å². The van der Waals surface area contributed by atoms with E-state index >= 15 is 0 Å². The number of nitrogens with one attached hydrogen (secondary N) is 4. The number of hydrogen-bond acceptors (Lipinski definition) is 10. The summed E-state index contributed by atoms with van der Waals surface area (Å²) in [5.41, 5.74) is 6.23. The number of nitrogens with zero attached hydrogens (tertiary/aromatic N) is 4. The van der Waals surface area contributed by atoms with E-state index in [-0.39, 0.29) is 35.2 Å². The summed E-state index contributed by atoms with van der Waals surface area (Å²) < 4.78 is 21.8. The number of rotatable bonds is 16. The van der Waals surface area contributed by atoms with E-state index in [0.29, 0.717) is 50.7 Å². The maximum absolute atomic E-state index is 14.5. The Bertz CT molecular complexity index is 2600. The van der Waals surface area contributed by atoms with Gasteiger partial charge in [0, 0.05) is 36.2 Å². The van der Waals surface area contributed by atoms with Crippen LogP contribution in [0.2, 0.25) is 0 Å². The molecule has 16 nitrogen and oxygen atoms in total. The van der Waals surface area contributed by atoms with E-state index in [1.165, 1.54) is 14.2 Å². The van der Waals surface area contributed by atoms with Crippen LogP contribution in [0.1, 0.15) is 124 Å². The fourth-order valence-corrected chi connectivity index (χ4v) is 9.90. The normalized spacial score (nSPS) is 16.6. The van der Waals surface area contributed by atoms with Crippen LogP contribution in [0.3, 0.4) is 0 Å². The Hall–Kier alpha value is -6.16. The highest BCUT2D eigenvalue weighted by Gasteiger charge is 2.41. The van der Waals surface area contributed by atoms with Crippen LogP contribution in [0.5, 0.6) is 5.75 Å². The molecular weight excluding hydrogens is 853 g/mol. The number of hydrogen-bond donors (Lipinski definition) is 4. The molecule has 16 heteroatoms. The second kappa shape index (κ2) is 20.4. The molecular formula is C51H68N8O8. The number of ether oxygens (including phenoxy) is 4. The predicted molar refractivity (Wildman–Crippen MR) is 257 cm³/mol. The highest BCUT2D eigenvalue weighted by molar-refractivity contribution is 6.07. The Morgan fingerprint density at radius 2 is 1.54 bits per heavy atom. The molecule has 67 heavy (non-hydrogen) atoms. The van der Waals surface area contributed by atoms with Gasteiger partial charge in [-0.3, -0.25) is 9.59 Å². The fourth-order valence-electron chi connectivity index (χ4n) is 9.90. The number of imidazole rings is 2. The molecule has 2 aliphatic heterocycles. The van der Waals surface area contributed by atoms with Gasteiger partial charge >= 0.3 is 12.2 Å². The minimum absolute atomic E-state index is 0.0883. The predicted octanol–water partition coefficient (Wildman–Crippen LogP) is 9.35. The first kappa shape index (κ1) is 48.8. The molecule has 0 radical (unpaired) electrons. The molecule has 0 spiro atoms. The lowest BCUT2D eigenvalue weighted by Gasteiger charge is -2.45. The van der Waals surface area contributed by atoms with E-state index in [1.54, 1.807) is 13.1 Å². The van der Waals surface area contributed by atoms with Gasteiger partial charge < -0.3 is 49.3 Å². The molecule has 4 heterocycles. The average Bonchev–Trinajstić information content (AvgIpc) is 4.03. The Morgan fingerprint density at radius 1 is 0.836 bits per heavy atom. The number of amides is 4. The van der Waals surface area contributed by atoms with E-state index in [1.807, 2.05) is 43.6 Å². The number of benzene rings is 3. The van der Waals surface area contributed by atoms with Gasteiger partial charge in [-0.05, 0) is 117 Å². The zero-order chi connectivity index (χ0) is 48.3. The first-order valence-electron chi connectivity index (χ1n) is 23.7. The van der Waals surface area contributed by atoms with Crippen molar-refractivity contribution in [2.45, 2.75) is 137 Å². The summed E-state index contributed by atoms with van der Waals surface area (Å²) in [5, 5.41) is 7.46. The molecule has 0 bridgehead atoms. The van der Waals surface area contributed by atoms with E-state index < -0.39 is 36.4 Å². The van der Waals surface area contributed by atoms with Gasteiger partial charge in [-0.2, -0.15) is 0 Å². The standard InChI is InChI=1S/C51H68N8O8/c1-12-28(4)58(48(61)43(57-50(63)65-11)32-19-21-66-22-20-32)31(7)46-54-39-18-16-33-24-38-36-17-15-34(23-35(36)27-67-41(38)25-37(33)44(39)56-46)40-26-52-45(55-40)30(6)59(42(13-2)51(8,9)14-3)47(60)29(5)53-49(62)64-10/h15-18,23-26,28-32,42-43H,12-14,19-22,27H2,1-11H3,(H,52,55)(H,53,62)(H,54,56)(H,57,63)/t28-,29-,30-,31-,42+,43-/m0/s1. The summed E-state index contributed by atoms with van der Waals surface area (Å²) >= 11 is 0. The van der Waals surface area contributed by atoms with Crippen LogP contribution in [0, 0.1) is 11.3 Å². The number of carbonyl (C=O) groups excluding carboxylic acids is 4. The molecule has 2 aliphatic rings. The number of aromatic nitrogens is 4. The van der Waals surface area contributed by atoms with Gasteiger partial charge in [0.1, 0.15) is 36.1 Å². The number of H-pyrrole nitrogens is 2. The second-order valence-electron chi connectivity index (χ2n) is 18.8. The first-order valence-corrected chi connectivity index (χ1v) is 23.7. The van der Waals surface area contributed by atoms with Gasteiger partial charge in [0.15, 0.2) is 0 Å². The van der Waals surface area contributed by atoms with E-state index in [4.69, 9.17) is 28.9 Å². The van der Waals surface area contributed by atoms with Gasteiger partial charge in [0.05, 0.1) is 49.2 Å². The van der Waals surface area contributed by atoms with Gasteiger partial charge in [0.2, 0.25) is 11.8 Å². The van der Waals surface area contributed by atoms with Crippen LogP contribution < -0.4 is 15.4 Å². The highest BCUT2D eigenvalue weighted by atomic mass is 16.5. The number of aromatic amines is 2. The first-order chi connectivity index (χ1) is 32.0. The number of fused-ring (bicyclic) bond motifs is 6. The van der Waals surface area contributed by atoms with Crippen LogP contribution in [0.15, 0.2) is 48.7 Å². The minimum Gasteiger partial charge on any atom is -0.488 e. The van der Waals surface area contributed by atoms with Crippen molar-refractivity contribution in [1.29, 1.82) is 0 Å². The molecule has 5 aromatic rings. The van der Waals surface area contributed by atoms with E-state index in [0.717, 1.165) is 68.3 Å². The number of carbonyl (C=O) groups is 4. The smallest absolute Gasteiger partial charge is 0.407 e. The van der Waals surface area contributed by atoms with Crippen LogP contribution in [0.25, 0.3) is 44.2 Å². The third-order valence-electron chi connectivity index (χ3n) is 14.4. The van der Waals surface area contributed by atoms with E-state index in [2.05, 4.69) is 84.7 Å². The summed E-state index contributed by atoms with van der Waals surface area (Å²) in [6.45, 7) is 19.6. The van der Waals surface area contributed by atoms with Crippen molar-refractivity contribution in [2.75, 3.05) is 27.4 Å². The van der Waals surface area contributed by atoms with Gasteiger partial charge in [0.25, 0.3) is 0 Å². The molecule has 360 valence electrons. The monoisotopic (exact) mass is 921 g/mol. The Balaban J connectivity index is 1.16. The Kier molecular flexibility index (Phi) is 14.8. The highest BCUT2D eigenvalue weighted by Crippen LogP contribution is 2.43. The van der Waals surface area contributed by atoms with Crippen molar-refractivity contribution >= 4 is 45.8 Å². The Labute approximate surface area is 393 Å². The van der Waals surface area contributed by atoms with Crippen molar-refractivity contribution < 1.29 is 38.1 Å². The fraction of sp³-hybridized carbons (Fsp3) is 0.529. The topological polar surface area (TPSA) is 193 Å². The van der Waals surface area contributed by atoms with Crippen molar-refractivity contribution in [3.8, 4) is 28.1 Å². The molecule has 6 atom stereocenters. The lowest BCUT2D eigenvalue weighted by atomic mass is 9.78. The zero-order valence-electron chi connectivity index (χ0n) is 40.9. The molecule has 0 unspecified atom stereocenters. The lowest BCUT2D eigenvalue weighted by Crippen LogP contribution is -2.55. The molecule has 1 fully saturated rings. The lowest BCUT2D eigenvalue weighted by molar-refractivity contribution is -0.142. The van der Waals surface area contributed by atoms with Crippen molar-refractivity contribution in [3.63, 3.8) is 0 Å². The molecule has 0 saturated carbocycles. The Morgan fingerprint density at radius 3 is 2.21 bits per heavy atom. The molecule has 7 rings (SSSR count). The summed E-state index contributed by atoms with van der Waals surface area (Å²) in [6.07, 6.45) is 4.10. The molecule has 1 saturated heterocycles. The minimum atomic E-state index is -0.805. The number of methoxy groups -OCH3 is 2. The van der Waals surface area contributed by atoms with Crippen molar-refractivity contribution in [3.05, 3.63) is 65.9 Å². The van der Waals surface area contributed by atoms with Crippen molar-refractivity contribution in [1.82, 2.24) is 40.4 Å². The summed E-state index contributed by atoms with van der Waals surface area (Å²) in [5.74, 6) is 1.57. The van der Waals surface area contributed by atoms with Crippen LogP contribution in [0.4, 0.5) is 9.59 Å². The second-order valence-corrected chi connectivity index (χ2v) is 18.8. The molecule has 4 amide bonds. The van der Waals surface area contributed by atoms with Crippen LogP contribution in [-0.2, 0) is 30.4 Å². The average molecular weight is 921 g/mol. The molecule has 4 N–H and O–H groups in total. The zero-order valence-corrected chi connectivity index (χ0v) is 40.9. The van der Waals surface area contributed by atoms with Gasteiger partial charge in [-0.1, -0.05) is 52.8 Å². The van der Waals surface area contributed by atoms with Crippen molar-refractivity contribution in [2.24, 2.45) is 11.3 Å². The largest absolute Gasteiger partial charge is 0.488 e. The third kappa shape index (κ3) is 9.81. The maximum Gasteiger partial charge on any atom is 0.407 e. The summed E-state index contributed by atoms with van der Waals surface area (Å²) in [7, 11) is 2.59. The molecule has 0 aliphatic carbocycles. The summed E-state index contributed by atoms with van der Waals surface area (Å²) in [6, 6.07) is 11.9. The number of alkyl carbamates (subject to hydrolysis) is 2. The van der Waals surface area contributed by atoms with Gasteiger partial charge in [-0.15, -0.1) is 0 Å². The quantitative estimate of drug-likeness (QED) is 0.0741. The molecule has 2 aromatic heterocycles. The third-order valence-corrected chi connectivity index (χ3v) is 14.4. The SMILES string of the molecule is CC[C@H](C)N(C(=O)[C@@H](NC(=O)OC)C1CCOCC1)[C@@H](C)c1nc2ccc3cc4c(cc3c2[nH]1)OCc1cc(-c2cnc([C@H](C)N(C(=O)[C@H](C)NC(=O)OC)[C@H](CC)C(C)(C)CC)[nH]2)ccc1-4. The maximum atomic E-state index is 14.5. The molecule has 3 aromatic carbocycles. The van der Waals surface area contributed by atoms with Gasteiger partial charge in [-0.25, -0.2) is 19.6 Å². The summed E-state index contributed by atoms with van der Waals surface area (Å²) in [4.78, 5) is 74.0. The van der Waals surface area contributed by atoms with Crippen LogP contribution in [-0.4, -0.2) is 105 Å².